The molecule has 0 spiro atoms. The van der Waals surface area contributed by atoms with Crippen LogP contribution < -0.4 is 5.32 Å². The van der Waals surface area contributed by atoms with Gasteiger partial charge < -0.3 is 14.6 Å². The summed E-state index contributed by atoms with van der Waals surface area (Å²) in [7, 11) is 1.30. The maximum Gasteiger partial charge on any atom is 0.330 e. The van der Waals surface area contributed by atoms with Crippen molar-refractivity contribution in [2.45, 2.75) is 25.8 Å². The number of hydrogen-bond acceptors (Lipinski definition) is 6. The van der Waals surface area contributed by atoms with E-state index in [2.05, 4.69) is 5.32 Å². The van der Waals surface area contributed by atoms with Gasteiger partial charge in [-0.15, -0.1) is 0 Å². The Labute approximate surface area is 124 Å². The first-order valence-corrected chi connectivity index (χ1v) is 6.72. The van der Waals surface area contributed by atoms with Crippen molar-refractivity contribution in [1.82, 2.24) is 5.32 Å². The quantitative estimate of drug-likeness (QED) is 0.738. The molecule has 2 N–H and O–H groups in total. The molecule has 1 aromatic rings. The molecule has 0 aliphatic rings. The Balaban J connectivity index is 2.82. The Kier molecular flexibility index (Phi) is 6.17. The zero-order chi connectivity index (χ0) is 15.9. The fourth-order valence-electron chi connectivity index (χ4n) is 1.94. The standard InChI is InChI=1S/C15H21NO5/c1-4-21-13(18)9-10-16-15(2,14(19)20-3)11-5-7-12(17)8-6-11/h5-8,16-17H,4,9-10H2,1-3H3. The highest BCUT2D eigenvalue weighted by molar-refractivity contribution is 5.82. The first kappa shape index (κ1) is 17.0. The highest BCUT2D eigenvalue weighted by atomic mass is 16.5. The topological polar surface area (TPSA) is 84.9 Å². The number of ether oxygens (including phenoxy) is 2. The smallest absolute Gasteiger partial charge is 0.330 e. The molecule has 1 aromatic carbocycles. The maximum atomic E-state index is 12.1. The summed E-state index contributed by atoms with van der Waals surface area (Å²) in [5.74, 6) is -0.697. The molecule has 0 aliphatic carbocycles. The predicted octanol–water partition coefficient (Wildman–Crippen LogP) is 1.32. The Bertz CT molecular complexity index is 485. The van der Waals surface area contributed by atoms with Crippen LogP contribution in [0.1, 0.15) is 25.8 Å². The van der Waals surface area contributed by atoms with Crippen LogP contribution >= 0.6 is 0 Å². The van der Waals surface area contributed by atoms with Gasteiger partial charge in [0.1, 0.15) is 11.3 Å². The van der Waals surface area contributed by atoms with E-state index in [9.17, 15) is 14.7 Å². The number of aromatic hydroxyl groups is 1. The molecule has 6 nitrogen and oxygen atoms in total. The molecule has 0 fully saturated rings. The lowest BCUT2D eigenvalue weighted by atomic mass is 9.91. The van der Waals surface area contributed by atoms with Crippen molar-refractivity contribution >= 4 is 11.9 Å². The van der Waals surface area contributed by atoms with Gasteiger partial charge in [-0.05, 0) is 31.5 Å². The minimum atomic E-state index is -1.10. The van der Waals surface area contributed by atoms with E-state index in [0.717, 1.165) is 0 Å². The summed E-state index contributed by atoms with van der Waals surface area (Å²) >= 11 is 0. The number of rotatable bonds is 7. The van der Waals surface area contributed by atoms with Crippen molar-refractivity contribution in [2.75, 3.05) is 20.3 Å². The monoisotopic (exact) mass is 295 g/mol. The summed E-state index contributed by atoms with van der Waals surface area (Å²) in [4.78, 5) is 23.4. The zero-order valence-electron chi connectivity index (χ0n) is 12.5. The Morgan fingerprint density at radius 2 is 1.90 bits per heavy atom. The second-order valence-corrected chi connectivity index (χ2v) is 4.65. The van der Waals surface area contributed by atoms with E-state index >= 15 is 0 Å². The van der Waals surface area contributed by atoms with Crippen molar-refractivity contribution in [1.29, 1.82) is 0 Å². The van der Waals surface area contributed by atoms with Crippen LogP contribution in [0.4, 0.5) is 0 Å². The third-order valence-corrected chi connectivity index (χ3v) is 3.15. The van der Waals surface area contributed by atoms with Gasteiger partial charge in [0.05, 0.1) is 20.1 Å². The van der Waals surface area contributed by atoms with Crippen molar-refractivity contribution in [3.05, 3.63) is 29.8 Å². The average molecular weight is 295 g/mol. The molecule has 0 saturated carbocycles. The van der Waals surface area contributed by atoms with E-state index in [1.807, 2.05) is 0 Å². The molecule has 0 aromatic heterocycles. The van der Waals surface area contributed by atoms with E-state index in [4.69, 9.17) is 9.47 Å². The number of hydrogen-bond donors (Lipinski definition) is 2. The van der Waals surface area contributed by atoms with Crippen LogP contribution in [-0.2, 0) is 24.6 Å². The average Bonchev–Trinajstić information content (AvgIpc) is 2.47. The summed E-state index contributed by atoms with van der Waals surface area (Å²) < 4.78 is 9.66. The van der Waals surface area contributed by atoms with Crippen molar-refractivity contribution in [3.63, 3.8) is 0 Å². The maximum absolute atomic E-state index is 12.1. The summed E-state index contributed by atoms with van der Waals surface area (Å²) in [6, 6.07) is 6.24. The molecule has 116 valence electrons. The van der Waals surface area contributed by atoms with Crippen LogP contribution in [-0.4, -0.2) is 37.3 Å². The number of nitrogens with one attached hydrogen (secondary N) is 1. The Morgan fingerprint density at radius 3 is 2.43 bits per heavy atom. The van der Waals surface area contributed by atoms with Crippen LogP contribution in [0.2, 0.25) is 0 Å². The van der Waals surface area contributed by atoms with Crippen LogP contribution in [0, 0.1) is 0 Å². The predicted molar refractivity (Wildman–Crippen MR) is 76.7 cm³/mol. The summed E-state index contributed by atoms with van der Waals surface area (Å²) in [6.45, 7) is 3.99. The third-order valence-electron chi connectivity index (χ3n) is 3.15. The van der Waals surface area contributed by atoms with Gasteiger partial charge in [-0.3, -0.25) is 10.1 Å². The summed E-state index contributed by atoms with van der Waals surface area (Å²) in [5.41, 5.74) is -0.467. The molecule has 0 aliphatic heterocycles. The second kappa shape index (κ2) is 7.64. The Hall–Kier alpha value is -2.08. The van der Waals surface area contributed by atoms with Crippen LogP contribution in [0.15, 0.2) is 24.3 Å². The molecular weight excluding hydrogens is 274 g/mol. The van der Waals surface area contributed by atoms with Gasteiger partial charge in [0.15, 0.2) is 0 Å². The number of phenols is 1. The summed E-state index contributed by atoms with van der Waals surface area (Å²) in [6.07, 6.45) is 0.151. The number of methoxy groups -OCH3 is 1. The van der Waals surface area contributed by atoms with Crippen molar-refractivity contribution in [2.24, 2.45) is 0 Å². The highest BCUT2D eigenvalue weighted by Crippen LogP contribution is 2.24. The molecule has 0 radical (unpaired) electrons. The van der Waals surface area contributed by atoms with Gasteiger partial charge in [-0.2, -0.15) is 0 Å². The minimum Gasteiger partial charge on any atom is -0.508 e. The molecule has 1 unspecified atom stereocenters. The fraction of sp³-hybridized carbons (Fsp3) is 0.467. The molecule has 0 amide bonds. The van der Waals surface area contributed by atoms with E-state index in [0.29, 0.717) is 12.2 Å². The molecule has 0 saturated heterocycles. The molecule has 0 bridgehead atoms. The van der Waals surface area contributed by atoms with Gasteiger partial charge >= 0.3 is 11.9 Å². The van der Waals surface area contributed by atoms with Gasteiger partial charge in [-0.25, -0.2) is 4.79 Å². The number of benzene rings is 1. The SMILES string of the molecule is CCOC(=O)CCNC(C)(C(=O)OC)c1ccc(O)cc1. The number of phenolic OH excluding ortho intramolecular Hbond substituents is 1. The molecule has 1 atom stereocenters. The highest BCUT2D eigenvalue weighted by Gasteiger charge is 2.35. The summed E-state index contributed by atoms with van der Waals surface area (Å²) in [5, 5.41) is 12.3. The van der Waals surface area contributed by atoms with E-state index in [1.165, 1.54) is 19.2 Å². The normalized spacial score (nSPS) is 13.3. The molecule has 1 rings (SSSR count). The zero-order valence-corrected chi connectivity index (χ0v) is 12.5. The van der Waals surface area contributed by atoms with E-state index in [-0.39, 0.29) is 24.7 Å². The first-order valence-electron chi connectivity index (χ1n) is 6.72. The van der Waals surface area contributed by atoms with Crippen molar-refractivity contribution in [3.8, 4) is 5.75 Å². The lowest BCUT2D eigenvalue weighted by molar-refractivity contribution is -0.149. The van der Waals surface area contributed by atoms with Crippen molar-refractivity contribution < 1.29 is 24.2 Å². The molecule has 6 heteroatoms. The molecule has 21 heavy (non-hydrogen) atoms. The fourth-order valence-corrected chi connectivity index (χ4v) is 1.94. The number of carbonyl (C=O) groups excluding carboxylic acids is 2. The molecular formula is C15H21NO5. The second-order valence-electron chi connectivity index (χ2n) is 4.65. The van der Waals surface area contributed by atoms with Gasteiger partial charge in [0.2, 0.25) is 0 Å². The first-order chi connectivity index (χ1) is 9.93. The molecule has 0 heterocycles. The van der Waals surface area contributed by atoms with Crippen LogP contribution in [0.25, 0.3) is 0 Å². The van der Waals surface area contributed by atoms with Gasteiger partial charge in [0.25, 0.3) is 0 Å². The number of carbonyl (C=O) groups is 2. The van der Waals surface area contributed by atoms with Gasteiger partial charge in [0, 0.05) is 6.54 Å². The lowest BCUT2D eigenvalue weighted by Crippen LogP contribution is -2.48. The largest absolute Gasteiger partial charge is 0.508 e. The lowest BCUT2D eigenvalue weighted by Gasteiger charge is -2.28. The number of esters is 2. The minimum absolute atomic E-state index is 0.109. The van der Waals surface area contributed by atoms with E-state index in [1.54, 1.807) is 26.0 Å². The third kappa shape index (κ3) is 4.46. The van der Waals surface area contributed by atoms with Gasteiger partial charge in [-0.1, -0.05) is 12.1 Å². The Morgan fingerprint density at radius 1 is 1.29 bits per heavy atom. The van der Waals surface area contributed by atoms with E-state index < -0.39 is 11.5 Å². The van der Waals surface area contributed by atoms with Crippen LogP contribution in [0.3, 0.4) is 0 Å². The van der Waals surface area contributed by atoms with Crippen LogP contribution in [0.5, 0.6) is 5.75 Å².